The fraction of sp³-hybridized carbons (Fsp3) is 0.423. The zero-order valence-corrected chi connectivity index (χ0v) is 21.6. The second-order valence-electron chi connectivity index (χ2n) is 9.35. The number of nitrogens with zero attached hydrogens (tertiary/aromatic N) is 7. The van der Waals surface area contributed by atoms with E-state index in [1.165, 1.54) is 12.4 Å². The number of nitrogen functional groups attached to an aromatic ring is 1. The molecular formula is C26H34FN9O2. The summed E-state index contributed by atoms with van der Waals surface area (Å²) < 4.78 is 16.4. The molecule has 1 aromatic carbocycles. The molecule has 0 saturated carbocycles. The minimum absolute atomic E-state index is 0.0550. The van der Waals surface area contributed by atoms with Gasteiger partial charge in [0, 0.05) is 56.6 Å². The molecule has 2 amide bonds. The molecule has 2 saturated heterocycles. The SMILES string of the molecule is C=CC(=O)N1CCN(C=O)CC1.CCc1c(F)ccc(N2CCC(N)C2)c1Cn1cnc2c(N)ncnc21. The van der Waals surface area contributed by atoms with E-state index in [0.29, 0.717) is 61.7 Å². The summed E-state index contributed by atoms with van der Waals surface area (Å²) in [5.41, 5.74) is 15.9. The van der Waals surface area contributed by atoms with Gasteiger partial charge < -0.3 is 30.7 Å². The molecule has 4 N–H and O–H groups in total. The zero-order chi connectivity index (χ0) is 27.2. The predicted octanol–water partition coefficient (Wildman–Crippen LogP) is 1.17. The molecule has 4 heterocycles. The summed E-state index contributed by atoms with van der Waals surface area (Å²) in [6.07, 6.45) is 6.77. The number of amides is 2. The third-order valence-electron chi connectivity index (χ3n) is 6.98. The summed E-state index contributed by atoms with van der Waals surface area (Å²) in [5, 5.41) is 0. The van der Waals surface area contributed by atoms with Crippen molar-refractivity contribution in [3.63, 3.8) is 0 Å². The highest BCUT2D eigenvalue weighted by molar-refractivity contribution is 5.87. The Kier molecular flexibility index (Phi) is 8.52. The van der Waals surface area contributed by atoms with Gasteiger partial charge in [0.2, 0.25) is 12.3 Å². The van der Waals surface area contributed by atoms with Gasteiger partial charge >= 0.3 is 0 Å². The van der Waals surface area contributed by atoms with Crippen molar-refractivity contribution in [1.29, 1.82) is 0 Å². The van der Waals surface area contributed by atoms with E-state index in [0.717, 1.165) is 37.2 Å². The fourth-order valence-electron chi connectivity index (χ4n) is 4.87. The Hall–Kier alpha value is -4.06. The van der Waals surface area contributed by atoms with Crippen LogP contribution in [0.25, 0.3) is 11.2 Å². The third-order valence-corrected chi connectivity index (χ3v) is 6.98. The molecule has 12 heteroatoms. The summed E-state index contributed by atoms with van der Waals surface area (Å²) in [5.74, 6) is 0.100. The van der Waals surface area contributed by atoms with Crippen molar-refractivity contribution >= 4 is 35.0 Å². The van der Waals surface area contributed by atoms with Gasteiger partial charge in [-0.15, -0.1) is 0 Å². The standard InChI is InChI=1S/C18H22FN7.C8H12N2O2/c1-2-12-13(8-26-10-24-16-17(21)22-9-23-18(16)26)15(4-3-14(12)19)25-6-5-11(20)7-25;1-2-8(12)10-5-3-9(7-11)4-6-10/h3-4,9-11H,2,5-8,20H2,1H3,(H2,21,22,23);2,7H,1,3-6H2. The number of nitrogens with two attached hydrogens (primary N) is 2. The third kappa shape index (κ3) is 5.75. The number of anilines is 2. The molecule has 2 fully saturated rings. The molecule has 0 radical (unpaired) electrons. The molecule has 2 aliphatic rings. The molecule has 2 aliphatic heterocycles. The van der Waals surface area contributed by atoms with Crippen molar-refractivity contribution in [3.8, 4) is 0 Å². The number of aromatic nitrogens is 4. The Balaban J connectivity index is 0.000000236. The molecule has 0 spiro atoms. The van der Waals surface area contributed by atoms with Crippen molar-refractivity contribution in [1.82, 2.24) is 29.3 Å². The molecule has 1 atom stereocenters. The van der Waals surface area contributed by atoms with Crippen molar-refractivity contribution in [3.05, 3.63) is 54.4 Å². The lowest BCUT2D eigenvalue weighted by Gasteiger charge is -2.31. The topological polar surface area (TPSA) is 140 Å². The Morgan fingerprint density at radius 3 is 2.55 bits per heavy atom. The van der Waals surface area contributed by atoms with Crippen LogP contribution in [0.15, 0.2) is 37.4 Å². The Labute approximate surface area is 220 Å². The normalized spacial score (nSPS) is 17.3. The first-order chi connectivity index (χ1) is 18.4. The van der Waals surface area contributed by atoms with E-state index >= 15 is 0 Å². The molecule has 1 unspecified atom stereocenters. The number of benzene rings is 1. The van der Waals surface area contributed by atoms with Gasteiger partial charge in [0.1, 0.15) is 17.7 Å². The number of hydrogen-bond acceptors (Lipinski definition) is 8. The summed E-state index contributed by atoms with van der Waals surface area (Å²) in [6, 6.07) is 3.55. The highest BCUT2D eigenvalue weighted by atomic mass is 19.1. The summed E-state index contributed by atoms with van der Waals surface area (Å²) in [4.78, 5) is 39.5. The molecule has 0 aliphatic carbocycles. The highest BCUT2D eigenvalue weighted by Gasteiger charge is 2.24. The maximum Gasteiger partial charge on any atom is 0.246 e. The molecule has 5 rings (SSSR count). The quantitative estimate of drug-likeness (QED) is 0.363. The first kappa shape index (κ1) is 27.0. The highest BCUT2D eigenvalue weighted by Crippen LogP contribution is 2.31. The van der Waals surface area contributed by atoms with Crippen LogP contribution in [0.5, 0.6) is 0 Å². The first-order valence-corrected chi connectivity index (χ1v) is 12.7. The smallest absolute Gasteiger partial charge is 0.246 e. The van der Waals surface area contributed by atoms with Gasteiger partial charge in [-0.05, 0) is 36.6 Å². The second kappa shape index (κ2) is 12.0. The molecule has 3 aromatic rings. The number of fused-ring (bicyclic) bond motifs is 1. The van der Waals surface area contributed by atoms with Crippen LogP contribution in [0.4, 0.5) is 15.9 Å². The molecule has 202 valence electrons. The van der Waals surface area contributed by atoms with Crippen LogP contribution in [0.1, 0.15) is 24.5 Å². The number of halogens is 1. The monoisotopic (exact) mass is 523 g/mol. The minimum atomic E-state index is -0.187. The lowest BCUT2D eigenvalue weighted by Crippen LogP contribution is -2.47. The van der Waals surface area contributed by atoms with Crippen molar-refractivity contribution in [2.24, 2.45) is 5.73 Å². The van der Waals surface area contributed by atoms with E-state index in [-0.39, 0.29) is 17.8 Å². The molecule has 2 aromatic heterocycles. The largest absolute Gasteiger partial charge is 0.382 e. The average molecular weight is 524 g/mol. The number of carbonyl (C=O) groups excluding carboxylic acids is 2. The van der Waals surface area contributed by atoms with Crippen LogP contribution in [0.2, 0.25) is 0 Å². The summed E-state index contributed by atoms with van der Waals surface area (Å²) in [6.45, 7) is 9.98. The van der Waals surface area contributed by atoms with E-state index in [1.54, 1.807) is 22.2 Å². The number of imidazole rings is 1. The Bertz CT molecular complexity index is 1300. The van der Waals surface area contributed by atoms with Crippen molar-refractivity contribution < 1.29 is 14.0 Å². The van der Waals surface area contributed by atoms with E-state index < -0.39 is 0 Å². The van der Waals surface area contributed by atoms with E-state index in [1.807, 2.05) is 17.6 Å². The van der Waals surface area contributed by atoms with Crippen molar-refractivity contribution in [2.75, 3.05) is 49.9 Å². The van der Waals surface area contributed by atoms with Crippen LogP contribution >= 0.6 is 0 Å². The minimum Gasteiger partial charge on any atom is -0.382 e. The molecule has 38 heavy (non-hydrogen) atoms. The number of piperazine rings is 1. The van der Waals surface area contributed by atoms with Crippen molar-refractivity contribution in [2.45, 2.75) is 32.4 Å². The Morgan fingerprint density at radius 1 is 1.16 bits per heavy atom. The number of carbonyl (C=O) groups is 2. The van der Waals surface area contributed by atoms with Crippen LogP contribution in [-0.4, -0.2) is 86.9 Å². The van der Waals surface area contributed by atoms with Gasteiger partial charge in [-0.1, -0.05) is 13.5 Å². The maximum atomic E-state index is 14.5. The molecule has 11 nitrogen and oxygen atoms in total. The number of hydrogen-bond donors (Lipinski definition) is 2. The van der Waals surface area contributed by atoms with Crippen LogP contribution < -0.4 is 16.4 Å². The molecule has 0 bridgehead atoms. The van der Waals surface area contributed by atoms with Gasteiger partial charge in [-0.25, -0.2) is 19.3 Å². The van der Waals surface area contributed by atoms with E-state index in [4.69, 9.17) is 11.5 Å². The molecular weight excluding hydrogens is 489 g/mol. The van der Waals surface area contributed by atoms with E-state index in [9.17, 15) is 14.0 Å². The van der Waals surface area contributed by atoms with Gasteiger partial charge in [-0.3, -0.25) is 9.59 Å². The van der Waals surface area contributed by atoms with E-state index in [2.05, 4.69) is 26.4 Å². The average Bonchev–Trinajstić information content (AvgIpc) is 3.56. The lowest BCUT2D eigenvalue weighted by molar-refractivity contribution is -0.130. The van der Waals surface area contributed by atoms with Crippen LogP contribution in [0, 0.1) is 5.82 Å². The second-order valence-corrected chi connectivity index (χ2v) is 9.35. The maximum absolute atomic E-state index is 14.5. The fourth-order valence-corrected chi connectivity index (χ4v) is 4.87. The van der Waals surface area contributed by atoms with Crippen LogP contribution in [-0.2, 0) is 22.6 Å². The summed E-state index contributed by atoms with van der Waals surface area (Å²) >= 11 is 0. The van der Waals surface area contributed by atoms with Crippen LogP contribution in [0.3, 0.4) is 0 Å². The van der Waals surface area contributed by atoms with Gasteiger partial charge in [0.05, 0.1) is 12.9 Å². The lowest BCUT2D eigenvalue weighted by atomic mass is 10.0. The zero-order valence-electron chi connectivity index (χ0n) is 21.6. The summed E-state index contributed by atoms with van der Waals surface area (Å²) in [7, 11) is 0. The van der Waals surface area contributed by atoms with Gasteiger partial charge in [-0.2, -0.15) is 0 Å². The first-order valence-electron chi connectivity index (χ1n) is 12.7. The number of rotatable bonds is 6. The van der Waals surface area contributed by atoms with Gasteiger partial charge in [0.15, 0.2) is 11.5 Å². The Morgan fingerprint density at radius 2 is 1.92 bits per heavy atom. The van der Waals surface area contributed by atoms with Gasteiger partial charge in [0.25, 0.3) is 0 Å². The predicted molar refractivity (Wildman–Crippen MR) is 144 cm³/mol.